The number of aliphatic hydroxyl groups excluding tert-OH is 1. The van der Waals surface area contributed by atoms with Crippen LogP contribution in [0.2, 0.25) is 5.02 Å². The zero-order chi connectivity index (χ0) is 50.1. The number of rotatable bonds is 34. The van der Waals surface area contributed by atoms with E-state index < -0.39 is 0 Å². The molecule has 2 atom stereocenters. The molecule has 6 nitrogen and oxygen atoms in total. The normalized spacial score (nSPS) is 16.3. The van der Waals surface area contributed by atoms with Crippen LogP contribution >= 0.6 is 23.2 Å². The van der Waals surface area contributed by atoms with E-state index in [9.17, 15) is 15.0 Å². The Hall–Kier alpha value is -4.10. The van der Waals surface area contributed by atoms with Crippen molar-refractivity contribution in [3.8, 4) is 5.75 Å². The number of hydrogen-bond acceptors (Lipinski definition) is 5. The van der Waals surface area contributed by atoms with Crippen molar-refractivity contribution in [3.63, 3.8) is 0 Å². The molecule has 0 aromatic heterocycles. The van der Waals surface area contributed by atoms with Gasteiger partial charge in [-0.25, -0.2) is 0 Å². The minimum absolute atomic E-state index is 0.0484. The highest BCUT2D eigenvalue weighted by molar-refractivity contribution is 6.44. The zero-order valence-electron chi connectivity index (χ0n) is 43.7. The number of anilines is 2. The summed E-state index contributed by atoms with van der Waals surface area (Å²) in [7, 11) is 1.69. The van der Waals surface area contributed by atoms with Gasteiger partial charge in [0.25, 0.3) is 0 Å². The van der Waals surface area contributed by atoms with Crippen LogP contribution in [0.5, 0.6) is 5.75 Å². The highest BCUT2D eigenvalue weighted by Gasteiger charge is 2.34. The van der Waals surface area contributed by atoms with Crippen molar-refractivity contribution in [2.75, 3.05) is 25.1 Å². The Morgan fingerprint density at radius 2 is 1.20 bits per heavy atom. The summed E-state index contributed by atoms with van der Waals surface area (Å²) < 4.78 is 8.01. The predicted octanol–water partition coefficient (Wildman–Crippen LogP) is 17.1. The number of ketones is 1. The molecule has 0 amide bonds. The first-order chi connectivity index (χ1) is 34.2. The molecule has 3 aromatic carbocycles. The summed E-state index contributed by atoms with van der Waals surface area (Å²) >= 11 is 14.3. The van der Waals surface area contributed by atoms with Crippen molar-refractivity contribution in [2.45, 2.75) is 188 Å². The Bertz CT molecular complexity index is 2250. The van der Waals surface area contributed by atoms with Crippen LogP contribution in [0.4, 0.5) is 17.1 Å². The molecule has 382 valence electrons. The molecule has 1 N–H and O–H groups in total. The number of carbonyl (C=O) groups excluding carboxylic acids is 1. The van der Waals surface area contributed by atoms with Gasteiger partial charge in [0, 0.05) is 64.3 Å². The number of nitrogens with zero attached hydrogens (tertiary/aromatic N) is 2. The van der Waals surface area contributed by atoms with E-state index in [1.54, 1.807) is 7.11 Å². The molecule has 2 unspecified atom stereocenters. The molecule has 2 aliphatic carbocycles. The summed E-state index contributed by atoms with van der Waals surface area (Å²) in [6.45, 7) is 10.6. The third-order valence-electron chi connectivity index (χ3n) is 14.5. The number of Topliss-reactive ketones (excluding diaryl/α,β-unsaturated/α-hetero) is 1. The maximum absolute atomic E-state index is 14.2. The lowest BCUT2D eigenvalue weighted by Crippen LogP contribution is -2.31. The summed E-state index contributed by atoms with van der Waals surface area (Å²) in [4.78, 5) is 16.5. The number of aliphatic hydroxyl groups is 1. The fraction of sp³-hybridized carbons (Fsp3) is 0.548. The fourth-order valence-electron chi connectivity index (χ4n) is 10.3. The molecule has 0 saturated carbocycles. The second kappa shape index (κ2) is 31.4. The summed E-state index contributed by atoms with van der Waals surface area (Å²) in [6.07, 6.45) is 35.4. The first-order valence-electron chi connectivity index (χ1n) is 27.5. The van der Waals surface area contributed by atoms with E-state index >= 15 is 0 Å². The molecule has 70 heavy (non-hydrogen) atoms. The van der Waals surface area contributed by atoms with Gasteiger partial charge in [-0.2, -0.15) is 4.58 Å². The number of hydrogen-bond donors (Lipinski definition) is 1. The van der Waals surface area contributed by atoms with E-state index in [2.05, 4.69) is 55.4 Å². The van der Waals surface area contributed by atoms with Crippen LogP contribution in [-0.2, 0) is 11.4 Å². The van der Waals surface area contributed by atoms with E-state index in [4.69, 9.17) is 27.9 Å². The van der Waals surface area contributed by atoms with Crippen LogP contribution in [0.25, 0.3) is 5.57 Å². The molecule has 0 spiro atoms. The zero-order valence-corrected chi connectivity index (χ0v) is 45.2. The van der Waals surface area contributed by atoms with Gasteiger partial charge < -0.3 is 19.8 Å². The minimum atomic E-state index is -0.344. The average molecular weight is 994 g/mol. The van der Waals surface area contributed by atoms with Crippen LogP contribution in [0, 0.1) is 11.8 Å². The summed E-state index contributed by atoms with van der Waals surface area (Å²) in [5.74, 6) is 1.06. The summed E-state index contributed by atoms with van der Waals surface area (Å²) in [5.41, 5.74) is 5.71. The molecule has 5 rings (SSSR count). The SMILES string of the molecule is CCCCCCCCC(CCCCCC)CN(c1cccc(CO)c1)c1ccc(C2=C([O-])/C(=C3/C=CC(=[N+](CC(CCCCCC)CCCCCCCC)c4cccc(OC)c4)C=C3Cl)C2=O)c(Cl)c1. The van der Waals surface area contributed by atoms with Gasteiger partial charge in [0.1, 0.15) is 5.75 Å². The average Bonchev–Trinajstić information content (AvgIpc) is 3.37. The Morgan fingerprint density at radius 3 is 1.76 bits per heavy atom. The molecule has 0 radical (unpaired) electrons. The quantitative estimate of drug-likeness (QED) is 0.0366. The summed E-state index contributed by atoms with van der Waals surface area (Å²) in [5, 5.41) is 25.0. The molecule has 8 heteroatoms. The van der Waals surface area contributed by atoms with Crippen LogP contribution in [0.1, 0.15) is 193 Å². The van der Waals surface area contributed by atoms with Crippen LogP contribution in [0.15, 0.2) is 107 Å². The Kier molecular flexibility index (Phi) is 25.5. The molecule has 0 heterocycles. The van der Waals surface area contributed by atoms with Gasteiger partial charge in [-0.3, -0.25) is 4.79 Å². The first kappa shape index (κ1) is 56.8. The van der Waals surface area contributed by atoms with Gasteiger partial charge in [0.05, 0.1) is 29.8 Å². The van der Waals surface area contributed by atoms with Crippen molar-refractivity contribution in [1.29, 1.82) is 0 Å². The monoisotopic (exact) mass is 993 g/mol. The smallest absolute Gasteiger partial charge is 0.209 e. The van der Waals surface area contributed by atoms with Gasteiger partial charge in [0.15, 0.2) is 12.3 Å². The van der Waals surface area contributed by atoms with Crippen molar-refractivity contribution < 1.29 is 24.3 Å². The van der Waals surface area contributed by atoms with Gasteiger partial charge in [-0.05, 0) is 73.6 Å². The third-order valence-corrected chi connectivity index (χ3v) is 15.1. The molecule has 0 fully saturated rings. The Labute approximate surface area is 433 Å². The second-order valence-corrected chi connectivity index (χ2v) is 20.8. The largest absolute Gasteiger partial charge is 0.871 e. The maximum atomic E-state index is 14.2. The van der Waals surface area contributed by atoms with E-state index in [-0.39, 0.29) is 29.3 Å². The first-order valence-corrected chi connectivity index (χ1v) is 28.2. The predicted molar refractivity (Wildman–Crippen MR) is 296 cm³/mol. The number of allylic oxidation sites excluding steroid dienone is 7. The standard InChI is InChI=1S/C62H86Cl2N2O4/c1-6-10-14-18-20-24-30-47(28-22-16-12-8-3)44-65(50-33-26-32-49(40-50)46-67)52-36-38-55(57(63)42-52)59-61(68)60(62(59)69)56-39-37-53(43-58(56)64)66(51-34-27-35-54(41-51)70-5)45-48(29-23-17-13-9-4)31-25-21-19-15-11-7-2/h26-27,32-43,47-48,67H,6-25,28-31,44-46H2,1-5H3. The Balaban J connectivity index is 1.44. The lowest BCUT2D eigenvalue weighted by molar-refractivity contribution is -0.448. The fourth-order valence-corrected chi connectivity index (χ4v) is 10.8. The highest BCUT2D eigenvalue weighted by atomic mass is 35.5. The molecule has 0 aliphatic heterocycles. The van der Waals surface area contributed by atoms with Gasteiger partial charge >= 0.3 is 0 Å². The number of unbranched alkanes of at least 4 members (excludes halogenated alkanes) is 16. The molecule has 2 aliphatic rings. The van der Waals surface area contributed by atoms with Crippen molar-refractivity contribution in [2.24, 2.45) is 11.8 Å². The summed E-state index contributed by atoms with van der Waals surface area (Å²) in [6, 6.07) is 21.9. The topological polar surface area (TPSA) is 75.8 Å². The molecular weight excluding hydrogens is 908 g/mol. The molecule has 0 saturated heterocycles. The lowest BCUT2D eigenvalue weighted by atomic mass is 9.80. The van der Waals surface area contributed by atoms with E-state index in [1.165, 1.54) is 135 Å². The van der Waals surface area contributed by atoms with Crippen LogP contribution < -0.4 is 14.7 Å². The minimum Gasteiger partial charge on any atom is -0.871 e. The van der Waals surface area contributed by atoms with E-state index in [0.29, 0.717) is 33.0 Å². The van der Waals surface area contributed by atoms with Gasteiger partial charge in [-0.1, -0.05) is 209 Å². The second-order valence-electron chi connectivity index (χ2n) is 20.0. The lowest BCUT2D eigenvalue weighted by Gasteiger charge is -2.34. The third kappa shape index (κ3) is 17.0. The number of methoxy groups -OCH3 is 1. The van der Waals surface area contributed by atoms with Crippen molar-refractivity contribution in [1.82, 2.24) is 0 Å². The number of carbonyl (C=O) groups is 1. The van der Waals surface area contributed by atoms with Crippen molar-refractivity contribution in [3.05, 3.63) is 123 Å². The van der Waals surface area contributed by atoms with Crippen LogP contribution in [-0.4, -0.2) is 41.4 Å². The number of benzene rings is 3. The number of ether oxygens (including phenoxy) is 1. The maximum Gasteiger partial charge on any atom is 0.209 e. The van der Waals surface area contributed by atoms with E-state index in [1.807, 2.05) is 66.8 Å². The van der Waals surface area contributed by atoms with Crippen molar-refractivity contribution >= 4 is 57.3 Å². The van der Waals surface area contributed by atoms with Gasteiger partial charge in [0.2, 0.25) is 11.4 Å². The molecule has 0 bridgehead atoms. The van der Waals surface area contributed by atoms with E-state index in [0.717, 1.165) is 66.4 Å². The highest BCUT2D eigenvalue weighted by Crippen LogP contribution is 2.44. The molecule has 3 aromatic rings. The molecular formula is C62H86Cl2N2O4. The van der Waals surface area contributed by atoms with Gasteiger partial charge in [-0.15, -0.1) is 0 Å². The number of halogens is 2. The Morgan fingerprint density at radius 1 is 0.643 bits per heavy atom. The van der Waals surface area contributed by atoms with Crippen LogP contribution in [0.3, 0.4) is 0 Å².